The Bertz CT molecular complexity index is 1040. The fourth-order valence-corrected chi connectivity index (χ4v) is 6.43. The molecule has 3 aliphatic rings. The van der Waals surface area contributed by atoms with Crippen molar-refractivity contribution in [3.8, 4) is 0 Å². The zero-order valence-corrected chi connectivity index (χ0v) is 22.9. The van der Waals surface area contributed by atoms with Gasteiger partial charge in [-0.05, 0) is 62.8 Å². The van der Waals surface area contributed by atoms with Gasteiger partial charge < -0.3 is 25.0 Å². The van der Waals surface area contributed by atoms with Crippen molar-refractivity contribution >= 4 is 11.7 Å². The first-order chi connectivity index (χ1) is 18.6. The smallest absolute Gasteiger partial charge is 0.272 e. The van der Waals surface area contributed by atoms with Gasteiger partial charge in [0.2, 0.25) is 0 Å². The number of aromatic nitrogens is 2. The van der Waals surface area contributed by atoms with Gasteiger partial charge in [-0.1, -0.05) is 36.8 Å². The van der Waals surface area contributed by atoms with Gasteiger partial charge in [0.25, 0.3) is 5.91 Å². The Balaban J connectivity index is 1.13. The number of carbonyl (C=O) groups excluding carboxylic acids is 1. The van der Waals surface area contributed by atoms with Crippen LogP contribution in [0.3, 0.4) is 0 Å². The highest BCUT2D eigenvalue weighted by Gasteiger charge is 2.31. The summed E-state index contributed by atoms with van der Waals surface area (Å²) in [6, 6.07) is 11.6. The average molecular weight is 522 g/mol. The van der Waals surface area contributed by atoms with Gasteiger partial charge in [-0.2, -0.15) is 0 Å². The maximum atomic E-state index is 13.4. The number of anilines is 1. The van der Waals surface area contributed by atoms with Crippen LogP contribution in [-0.4, -0.2) is 78.9 Å². The van der Waals surface area contributed by atoms with Gasteiger partial charge in [0.1, 0.15) is 17.8 Å². The number of hydrogen-bond donors (Lipinski definition) is 2. The lowest BCUT2D eigenvalue weighted by atomic mass is 9.78. The van der Waals surface area contributed by atoms with Crippen molar-refractivity contribution in [3.05, 3.63) is 53.5 Å². The molecule has 1 aliphatic carbocycles. The van der Waals surface area contributed by atoms with Crippen molar-refractivity contribution in [1.29, 1.82) is 0 Å². The molecule has 2 saturated heterocycles. The summed E-state index contributed by atoms with van der Waals surface area (Å²) >= 11 is 0. The summed E-state index contributed by atoms with van der Waals surface area (Å²) < 4.78 is 11.1. The molecule has 1 aromatic heterocycles. The molecule has 8 nitrogen and oxygen atoms in total. The maximum absolute atomic E-state index is 13.4. The number of likely N-dealkylation sites (tertiary alicyclic amines) is 1. The number of nitrogens with zero attached hydrogens (tertiary/aromatic N) is 3. The Kier molecular flexibility index (Phi) is 9.25. The van der Waals surface area contributed by atoms with E-state index in [0.717, 1.165) is 56.9 Å². The lowest BCUT2D eigenvalue weighted by Crippen LogP contribution is -2.54. The van der Waals surface area contributed by atoms with Gasteiger partial charge in [-0.25, -0.2) is 9.97 Å². The molecule has 2 aromatic rings. The van der Waals surface area contributed by atoms with E-state index in [1.807, 2.05) is 11.8 Å². The second-order valence-electron chi connectivity index (χ2n) is 11.2. The largest absolute Gasteiger partial charge is 0.379 e. The molecule has 1 amide bonds. The second-order valence-corrected chi connectivity index (χ2v) is 11.2. The Morgan fingerprint density at radius 3 is 2.71 bits per heavy atom. The van der Waals surface area contributed by atoms with Crippen LogP contribution in [0.4, 0.5) is 5.82 Å². The predicted octanol–water partition coefficient (Wildman–Crippen LogP) is 4.17. The highest BCUT2D eigenvalue weighted by atomic mass is 16.5. The first kappa shape index (κ1) is 27.0. The molecule has 3 fully saturated rings. The highest BCUT2D eigenvalue weighted by molar-refractivity contribution is 5.94. The fourth-order valence-electron chi connectivity index (χ4n) is 6.43. The van der Waals surface area contributed by atoms with Crippen LogP contribution in [0, 0.1) is 12.8 Å². The molecule has 0 bridgehead atoms. The number of piperidine rings is 1. The Labute approximate surface area is 226 Å². The van der Waals surface area contributed by atoms with Crippen LogP contribution in [0.25, 0.3) is 0 Å². The number of rotatable bonds is 8. The van der Waals surface area contributed by atoms with Gasteiger partial charge >= 0.3 is 0 Å². The standard InChI is InChI=1S/C30H43N5O3/c1-21-28(30(36)35-14-11-25(12-15-35)34-26-13-16-38-19-27(26)37-2)32-20-33-29(21)31-18-22-7-6-10-24(17-22)23-8-4-3-5-9-23/h3-5,8-9,20,22,24-27,34H,6-7,10-19H2,1-2H3,(H,31,32,33)/t22-,24+,26-,27+/m0/s1. The highest BCUT2D eigenvalue weighted by Crippen LogP contribution is 2.36. The van der Waals surface area contributed by atoms with Gasteiger partial charge in [0, 0.05) is 51.0 Å². The molecule has 206 valence electrons. The van der Waals surface area contributed by atoms with Gasteiger partial charge in [-0.15, -0.1) is 0 Å². The number of nitrogens with one attached hydrogen (secondary N) is 2. The van der Waals surface area contributed by atoms with Crippen LogP contribution >= 0.6 is 0 Å². The number of ether oxygens (including phenoxy) is 2. The molecule has 3 heterocycles. The van der Waals surface area contributed by atoms with E-state index in [0.29, 0.717) is 36.2 Å². The zero-order chi connectivity index (χ0) is 26.3. The van der Waals surface area contributed by atoms with E-state index in [1.165, 1.54) is 37.6 Å². The van der Waals surface area contributed by atoms with Crippen molar-refractivity contribution in [1.82, 2.24) is 20.2 Å². The number of amides is 1. The summed E-state index contributed by atoms with van der Waals surface area (Å²) in [4.78, 5) is 24.3. The molecule has 0 unspecified atom stereocenters. The van der Waals surface area contributed by atoms with E-state index < -0.39 is 0 Å². The van der Waals surface area contributed by atoms with Crippen LogP contribution < -0.4 is 10.6 Å². The number of hydrogen-bond acceptors (Lipinski definition) is 7. The average Bonchev–Trinajstić information content (AvgIpc) is 2.97. The molecule has 5 rings (SSSR count). The zero-order valence-electron chi connectivity index (χ0n) is 22.9. The molecule has 1 aromatic carbocycles. The Morgan fingerprint density at radius 1 is 1.11 bits per heavy atom. The van der Waals surface area contributed by atoms with Crippen molar-refractivity contribution in [2.75, 3.05) is 45.3 Å². The molecule has 2 aliphatic heterocycles. The van der Waals surface area contributed by atoms with E-state index in [-0.39, 0.29) is 12.0 Å². The van der Waals surface area contributed by atoms with Crippen LogP contribution in [0.15, 0.2) is 36.7 Å². The van der Waals surface area contributed by atoms with Crippen molar-refractivity contribution in [3.63, 3.8) is 0 Å². The summed E-state index contributed by atoms with van der Waals surface area (Å²) in [5.74, 6) is 2.02. The molecular formula is C30H43N5O3. The first-order valence-electron chi connectivity index (χ1n) is 14.4. The van der Waals surface area contributed by atoms with Crippen LogP contribution in [0.2, 0.25) is 0 Å². The van der Waals surface area contributed by atoms with Crippen LogP contribution in [0.5, 0.6) is 0 Å². The van der Waals surface area contributed by atoms with Crippen LogP contribution in [0.1, 0.15) is 72.5 Å². The lowest BCUT2D eigenvalue weighted by Gasteiger charge is -2.38. The van der Waals surface area contributed by atoms with E-state index in [2.05, 4.69) is 50.9 Å². The normalized spacial score (nSPS) is 26.7. The lowest BCUT2D eigenvalue weighted by molar-refractivity contribution is -0.0533. The van der Waals surface area contributed by atoms with Crippen molar-refractivity contribution in [2.24, 2.45) is 5.92 Å². The van der Waals surface area contributed by atoms with Crippen LogP contribution in [-0.2, 0) is 9.47 Å². The quantitative estimate of drug-likeness (QED) is 0.539. The molecule has 0 radical (unpaired) electrons. The summed E-state index contributed by atoms with van der Waals surface area (Å²) in [5.41, 5.74) is 2.82. The number of carbonyl (C=O) groups is 1. The minimum absolute atomic E-state index is 0.00837. The molecule has 2 N–H and O–H groups in total. The van der Waals surface area contributed by atoms with Gasteiger partial charge in [0.05, 0.1) is 12.7 Å². The molecule has 38 heavy (non-hydrogen) atoms. The number of benzene rings is 1. The SMILES string of the molecule is CO[C@@H]1COCC[C@@H]1NC1CCN(C(=O)c2ncnc(NC[C@H]3CCC[C@@H](c4ccccc4)C3)c2C)CC1. The summed E-state index contributed by atoms with van der Waals surface area (Å²) in [6.07, 6.45) is 9.38. The summed E-state index contributed by atoms with van der Waals surface area (Å²) in [5, 5.41) is 7.32. The monoisotopic (exact) mass is 521 g/mol. The first-order valence-corrected chi connectivity index (χ1v) is 14.4. The van der Waals surface area contributed by atoms with E-state index in [1.54, 1.807) is 7.11 Å². The third kappa shape index (κ3) is 6.53. The summed E-state index contributed by atoms with van der Waals surface area (Å²) in [7, 11) is 1.75. The third-order valence-electron chi connectivity index (χ3n) is 8.74. The topological polar surface area (TPSA) is 88.6 Å². The predicted molar refractivity (Wildman–Crippen MR) is 148 cm³/mol. The second kappa shape index (κ2) is 13.0. The molecule has 1 saturated carbocycles. The fraction of sp³-hybridized carbons (Fsp3) is 0.633. The Morgan fingerprint density at radius 2 is 1.92 bits per heavy atom. The van der Waals surface area contributed by atoms with Gasteiger partial charge in [-0.3, -0.25) is 4.79 Å². The van der Waals surface area contributed by atoms with E-state index in [4.69, 9.17) is 9.47 Å². The third-order valence-corrected chi connectivity index (χ3v) is 8.74. The van der Waals surface area contributed by atoms with E-state index in [9.17, 15) is 4.79 Å². The Hall–Kier alpha value is -2.55. The van der Waals surface area contributed by atoms with Crippen molar-refractivity contribution in [2.45, 2.75) is 76.0 Å². The molecular weight excluding hydrogens is 478 g/mol. The minimum Gasteiger partial charge on any atom is -0.379 e. The van der Waals surface area contributed by atoms with Gasteiger partial charge in [0.15, 0.2) is 0 Å². The van der Waals surface area contributed by atoms with E-state index >= 15 is 0 Å². The molecule has 0 spiro atoms. The molecule has 4 atom stereocenters. The minimum atomic E-state index is 0.00837. The number of methoxy groups -OCH3 is 1. The summed E-state index contributed by atoms with van der Waals surface area (Å²) in [6.45, 7) is 5.71. The maximum Gasteiger partial charge on any atom is 0.272 e. The molecule has 8 heteroatoms. The van der Waals surface area contributed by atoms with Crippen molar-refractivity contribution < 1.29 is 14.3 Å².